The maximum Gasteiger partial charge on any atom is 0.0558 e. The van der Waals surface area contributed by atoms with Gasteiger partial charge in [-0.25, -0.2) is 0 Å². The average Bonchev–Trinajstić information content (AvgIpc) is 2.38. The number of nitrogens with zero attached hydrogens (tertiary/aromatic N) is 2. The summed E-state index contributed by atoms with van der Waals surface area (Å²) in [6, 6.07) is 0. The van der Waals surface area contributed by atoms with Crippen molar-refractivity contribution in [1.29, 1.82) is 0 Å². The van der Waals surface area contributed by atoms with Crippen LogP contribution < -0.4 is 5.32 Å². The van der Waals surface area contributed by atoms with Gasteiger partial charge in [0.1, 0.15) is 0 Å². The highest BCUT2D eigenvalue weighted by molar-refractivity contribution is 4.85. The third kappa shape index (κ3) is 6.53. The van der Waals surface area contributed by atoms with Crippen molar-refractivity contribution in [2.45, 2.75) is 46.6 Å². The van der Waals surface area contributed by atoms with E-state index in [9.17, 15) is 0 Å². The van der Waals surface area contributed by atoms with Crippen LogP contribution >= 0.6 is 0 Å². The van der Waals surface area contributed by atoms with Crippen LogP contribution in [0.15, 0.2) is 0 Å². The largest absolute Gasteiger partial charge is 0.395 e. The van der Waals surface area contributed by atoms with Crippen molar-refractivity contribution in [3.8, 4) is 0 Å². The first kappa shape index (κ1) is 17.9. The van der Waals surface area contributed by atoms with Gasteiger partial charge in [-0.05, 0) is 32.6 Å². The molecule has 1 aliphatic rings. The molecule has 1 atom stereocenters. The lowest BCUT2D eigenvalue weighted by atomic mass is 9.85. The molecule has 0 aromatic carbocycles. The highest BCUT2D eigenvalue weighted by atomic mass is 16.3. The molecule has 0 aromatic rings. The second-order valence-corrected chi connectivity index (χ2v) is 7.61. The Morgan fingerprint density at radius 2 is 1.55 bits per heavy atom. The van der Waals surface area contributed by atoms with E-state index in [1.165, 1.54) is 13.0 Å². The zero-order valence-corrected chi connectivity index (χ0v) is 14.2. The van der Waals surface area contributed by atoms with E-state index in [0.29, 0.717) is 5.41 Å². The smallest absolute Gasteiger partial charge is 0.0558 e. The van der Waals surface area contributed by atoms with E-state index >= 15 is 0 Å². The lowest BCUT2D eigenvalue weighted by molar-refractivity contribution is 0.0761. The van der Waals surface area contributed by atoms with E-state index in [4.69, 9.17) is 5.11 Å². The summed E-state index contributed by atoms with van der Waals surface area (Å²) in [7, 11) is 0. The van der Waals surface area contributed by atoms with Gasteiger partial charge in [-0.2, -0.15) is 0 Å². The van der Waals surface area contributed by atoms with Crippen molar-refractivity contribution in [3.05, 3.63) is 0 Å². The molecule has 2 N–H and O–H groups in total. The molecule has 1 heterocycles. The van der Waals surface area contributed by atoms with Crippen LogP contribution in [0, 0.1) is 5.41 Å². The molecular weight excluding hydrogens is 250 g/mol. The molecule has 1 unspecified atom stereocenters. The van der Waals surface area contributed by atoms with Gasteiger partial charge in [0.25, 0.3) is 0 Å². The van der Waals surface area contributed by atoms with Crippen LogP contribution in [0.4, 0.5) is 0 Å². The molecule has 0 aromatic heterocycles. The number of hydrogen-bond donors (Lipinski definition) is 2. The molecule has 120 valence electrons. The van der Waals surface area contributed by atoms with Crippen LogP contribution in [0.2, 0.25) is 0 Å². The maximum atomic E-state index is 8.99. The Bertz CT molecular complexity index is 269. The molecule has 0 bridgehead atoms. The lowest BCUT2D eigenvalue weighted by Gasteiger charge is -2.41. The van der Waals surface area contributed by atoms with Crippen LogP contribution in [0.3, 0.4) is 0 Å². The molecule has 0 saturated carbocycles. The molecule has 1 rings (SSSR count). The fourth-order valence-corrected chi connectivity index (χ4v) is 2.62. The molecule has 0 radical (unpaired) electrons. The Balaban J connectivity index is 2.40. The third-order valence-corrected chi connectivity index (χ3v) is 4.39. The fraction of sp³-hybridized carbons (Fsp3) is 1.00. The highest BCUT2D eigenvalue weighted by Gasteiger charge is 2.28. The van der Waals surface area contributed by atoms with Gasteiger partial charge in [-0.3, -0.25) is 4.90 Å². The predicted octanol–water partition coefficient (Wildman–Crippen LogP) is 1.40. The summed E-state index contributed by atoms with van der Waals surface area (Å²) >= 11 is 0. The number of β-amino-alcohol motifs (C(OH)–C–C–N with tert-alkyl or cyclic N) is 1. The lowest BCUT2D eigenvalue weighted by Crippen LogP contribution is -2.52. The first-order chi connectivity index (χ1) is 9.28. The van der Waals surface area contributed by atoms with Crippen molar-refractivity contribution in [1.82, 2.24) is 15.1 Å². The van der Waals surface area contributed by atoms with E-state index < -0.39 is 0 Å². The Hall–Kier alpha value is -0.160. The van der Waals surface area contributed by atoms with Gasteiger partial charge in [0, 0.05) is 51.4 Å². The summed E-state index contributed by atoms with van der Waals surface area (Å²) in [6.07, 6.45) is 1.20. The zero-order chi connectivity index (χ0) is 15.2. The van der Waals surface area contributed by atoms with Crippen LogP contribution in [-0.2, 0) is 0 Å². The molecule has 20 heavy (non-hydrogen) atoms. The Morgan fingerprint density at radius 1 is 1.00 bits per heavy atom. The number of aliphatic hydroxyl groups is 1. The fourth-order valence-electron chi connectivity index (χ4n) is 2.62. The van der Waals surface area contributed by atoms with Gasteiger partial charge in [0.05, 0.1) is 6.61 Å². The van der Waals surface area contributed by atoms with E-state index in [0.717, 1.165) is 39.3 Å². The minimum absolute atomic E-state index is 0.191. The van der Waals surface area contributed by atoms with Gasteiger partial charge in [0.2, 0.25) is 0 Å². The first-order valence-corrected chi connectivity index (χ1v) is 8.08. The minimum Gasteiger partial charge on any atom is -0.395 e. The summed E-state index contributed by atoms with van der Waals surface area (Å²) in [5, 5.41) is 12.7. The summed E-state index contributed by atoms with van der Waals surface area (Å²) in [6.45, 7) is 19.2. The van der Waals surface area contributed by atoms with E-state index in [1.807, 2.05) is 0 Å². The van der Waals surface area contributed by atoms with Crippen LogP contribution in [0.25, 0.3) is 0 Å². The van der Waals surface area contributed by atoms with Crippen LogP contribution in [0.5, 0.6) is 0 Å². The van der Waals surface area contributed by atoms with E-state index in [2.05, 4.69) is 49.7 Å². The molecule has 1 aliphatic heterocycles. The summed E-state index contributed by atoms with van der Waals surface area (Å²) < 4.78 is 0. The Labute approximate surface area is 125 Å². The van der Waals surface area contributed by atoms with Crippen molar-refractivity contribution >= 4 is 0 Å². The van der Waals surface area contributed by atoms with Crippen molar-refractivity contribution in [3.63, 3.8) is 0 Å². The van der Waals surface area contributed by atoms with Crippen molar-refractivity contribution < 1.29 is 5.11 Å². The normalized spacial score (nSPS) is 21.9. The second kappa shape index (κ2) is 7.74. The SMILES string of the molecule is CCC(C)(CNC(C)(C)C)CN1CCN(CCO)CC1. The average molecular weight is 285 g/mol. The number of rotatable bonds is 7. The second-order valence-electron chi connectivity index (χ2n) is 7.61. The van der Waals surface area contributed by atoms with Crippen molar-refractivity contribution in [2.75, 3.05) is 52.4 Å². The molecule has 0 spiro atoms. The van der Waals surface area contributed by atoms with Crippen LogP contribution in [0.1, 0.15) is 41.0 Å². The standard InChI is InChI=1S/C16H35N3O/c1-6-16(5,13-17-15(2,3)4)14-19-9-7-18(8-10-19)11-12-20/h17,20H,6-14H2,1-5H3. The maximum absolute atomic E-state index is 8.99. The van der Waals surface area contributed by atoms with Gasteiger partial charge >= 0.3 is 0 Å². The van der Waals surface area contributed by atoms with Gasteiger partial charge in [-0.1, -0.05) is 13.8 Å². The molecule has 4 nitrogen and oxygen atoms in total. The molecule has 1 saturated heterocycles. The van der Waals surface area contributed by atoms with Gasteiger partial charge < -0.3 is 15.3 Å². The Morgan fingerprint density at radius 3 is 2.00 bits per heavy atom. The predicted molar refractivity (Wildman–Crippen MR) is 86.1 cm³/mol. The van der Waals surface area contributed by atoms with Gasteiger partial charge in [-0.15, -0.1) is 0 Å². The number of piperazine rings is 1. The molecule has 1 fully saturated rings. The molecule has 0 aliphatic carbocycles. The monoisotopic (exact) mass is 285 g/mol. The third-order valence-electron chi connectivity index (χ3n) is 4.39. The number of nitrogens with one attached hydrogen (secondary N) is 1. The topological polar surface area (TPSA) is 38.7 Å². The van der Waals surface area contributed by atoms with Crippen molar-refractivity contribution in [2.24, 2.45) is 5.41 Å². The zero-order valence-electron chi connectivity index (χ0n) is 14.2. The molecular formula is C16H35N3O. The molecule has 0 amide bonds. The summed E-state index contributed by atoms with van der Waals surface area (Å²) in [5.41, 5.74) is 0.530. The highest BCUT2D eigenvalue weighted by Crippen LogP contribution is 2.23. The Kier molecular flexibility index (Phi) is 6.92. The van der Waals surface area contributed by atoms with Gasteiger partial charge in [0.15, 0.2) is 0 Å². The number of aliphatic hydroxyl groups excluding tert-OH is 1. The number of hydrogen-bond acceptors (Lipinski definition) is 4. The van der Waals surface area contributed by atoms with E-state index in [1.54, 1.807) is 0 Å². The first-order valence-electron chi connectivity index (χ1n) is 8.08. The van der Waals surface area contributed by atoms with Crippen LogP contribution in [-0.4, -0.2) is 72.9 Å². The summed E-state index contributed by atoms with van der Waals surface area (Å²) in [4.78, 5) is 4.94. The quantitative estimate of drug-likeness (QED) is 0.742. The minimum atomic E-state index is 0.191. The van der Waals surface area contributed by atoms with E-state index in [-0.39, 0.29) is 12.1 Å². The summed E-state index contributed by atoms with van der Waals surface area (Å²) in [5.74, 6) is 0. The molecule has 4 heteroatoms.